The van der Waals surface area contributed by atoms with Gasteiger partial charge in [-0.3, -0.25) is 14.5 Å². The van der Waals surface area contributed by atoms with E-state index in [9.17, 15) is 14.7 Å². The van der Waals surface area contributed by atoms with E-state index in [2.05, 4.69) is 20.8 Å². The van der Waals surface area contributed by atoms with Crippen LogP contribution in [0, 0.1) is 11.8 Å². The van der Waals surface area contributed by atoms with E-state index in [4.69, 9.17) is 0 Å². The van der Waals surface area contributed by atoms with Crippen LogP contribution in [0.4, 0.5) is 0 Å². The Morgan fingerprint density at radius 3 is 2.41 bits per heavy atom. The van der Waals surface area contributed by atoms with Gasteiger partial charge in [-0.05, 0) is 39.0 Å². The number of carboxylic acids is 1. The number of rotatable bonds is 5. The SMILES string of the molecule is CC1CC(C(=O)O)CN(CC(=O)N(C(C)C)C2CCCC2)C1. The Kier molecular flexibility index (Phi) is 5.84. The maximum absolute atomic E-state index is 12.8. The van der Waals surface area contributed by atoms with E-state index in [0.717, 1.165) is 25.8 Å². The van der Waals surface area contributed by atoms with Crippen molar-refractivity contribution in [3.8, 4) is 0 Å². The average molecular weight is 310 g/mol. The van der Waals surface area contributed by atoms with Crippen LogP contribution in [0.2, 0.25) is 0 Å². The van der Waals surface area contributed by atoms with Gasteiger partial charge in [0.15, 0.2) is 0 Å². The van der Waals surface area contributed by atoms with Gasteiger partial charge in [0.1, 0.15) is 0 Å². The standard InChI is InChI=1S/C17H30N2O3/c1-12(2)19(15-6-4-5-7-15)16(20)11-18-9-13(3)8-14(10-18)17(21)22/h12-15H,4-11H2,1-3H3,(H,21,22). The Balaban J connectivity index is 1.97. The van der Waals surface area contributed by atoms with Crippen molar-refractivity contribution in [1.29, 1.82) is 0 Å². The summed E-state index contributed by atoms with van der Waals surface area (Å²) in [6.45, 7) is 7.92. The fourth-order valence-corrected chi connectivity index (χ4v) is 4.14. The summed E-state index contributed by atoms with van der Waals surface area (Å²) in [6, 6.07) is 0.595. The van der Waals surface area contributed by atoms with E-state index in [1.54, 1.807) is 0 Å². The molecule has 1 saturated heterocycles. The molecule has 1 heterocycles. The number of amides is 1. The predicted molar refractivity (Wildman–Crippen MR) is 85.6 cm³/mol. The van der Waals surface area contributed by atoms with Crippen molar-refractivity contribution in [3.63, 3.8) is 0 Å². The van der Waals surface area contributed by atoms with Gasteiger partial charge in [-0.25, -0.2) is 0 Å². The minimum absolute atomic E-state index is 0.167. The van der Waals surface area contributed by atoms with Crippen molar-refractivity contribution in [2.24, 2.45) is 11.8 Å². The van der Waals surface area contributed by atoms with Crippen molar-refractivity contribution >= 4 is 11.9 Å². The second-order valence-corrected chi connectivity index (χ2v) is 7.40. The van der Waals surface area contributed by atoms with E-state index in [1.807, 2.05) is 9.80 Å². The quantitative estimate of drug-likeness (QED) is 0.846. The van der Waals surface area contributed by atoms with Crippen LogP contribution in [-0.4, -0.2) is 58.5 Å². The number of nitrogens with zero attached hydrogens (tertiary/aromatic N) is 2. The lowest BCUT2D eigenvalue weighted by Gasteiger charge is -2.38. The second-order valence-electron chi connectivity index (χ2n) is 7.40. The topological polar surface area (TPSA) is 60.9 Å². The van der Waals surface area contributed by atoms with Gasteiger partial charge in [-0.2, -0.15) is 0 Å². The van der Waals surface area contributed by atoms with E-state index in [0.29, 0.717) is 25.0 Å². The molecule has 1 saturated carbocycles. The van der Waals surface area contributed by atoms with Crippen molar-refractivity contribution < 1.29 is 14.7 Å². The lowest BCUT2D eigenvalue weighted by molar-refractivity contribution is -0.146. The Bertz CT molecular complexity index is 405. The van der Waals surface area contributed by atoms with Crippen LogP contribution in [0.15, 0.2) is 0 Å². The molecule has 0 spiro atoms. The summed E-state index contributed by atoms with van der Waals surface area (Å²) in [5.41, 5.74) is 0. The highest BCUT2D eigenvalue weighted by Crippen LogP contribution is 2.26. The Hall–Kier alpha value is -1.10. The fourth-order valence-electron chi connectivity index (χ4n) is 4.14. The monoisotopic (exact) mass is 310 g/mol. The van der Waals surface area contributed by atoms with Crippen LogP contribution < -0.4 is 0 Å². The molecule has 126 valence electrons. The van der Waals surface area contributed by atoms with Crippen molar-refractivity contribution in [3.05, 3.63) is 0 Å². The summed E-state index contributed by atoms with van der Waals surface area (Å²) in [7, 11) is 0. The molecule has 0 radical (unpaired) electrons. The number of hydrogen-bond donors (Lipinski definition) is 1. The number of piperidine rings is 1. The number of carbonyl (C=O) groups is 2. The third-order valence-electron chi connectivity index (χ3n) is 5.01. The van der Waals surface area contributed by atoms with Gasteiger partial charge in [0.2, 0.25) is 5.91 Å². The van der Waals surface area contributed by atoms with Crippen LogP contribution in [0.1, 0.15) is 52.9 Å². The van der Waals surface area contributed by atoms with Gasteiger partial charge in [0, 0.05) is 25.2 Å². The lowest BCUT2D eigenvalue weighted by atomic mass is 9.90. The van der Waals surface area contributed by atoms with Crippen LogP contribution in [0.5, 0.6) is 0 Å². The van der Waals surface area contributed by atoms with Gasteiger partial charge in [-0.1, -0.05) is 19.8 Å². The van der Waals surface area contributed by atoms with Crippen LogP contribution >= 0.6 is 0 Å². The highest BCUT2D eigenvalue weighted by Gasteiger charge is 2.33. The highest BCUT2D eigenvalue weighted by molar-refractivity contribution is 5.79. The summed E-state index contributed by atoms with van der Waals surface area (Å²) in [6.07, 6.45) is 5.36. The van der Waals surface area contributed by atoms with E-state index in [-0.39, 0.29) is 17.9 Å². The molecule has 2 fully saturated rings. The Morgan fingerprint density at radius 2 is 1.86 bits per heavy atom. The summed E-state index contributed by atoms with van der Waals surface area (Å²) < 4.78 is 0. The molecule has 2 atom stereocenters. The molecule has 1 aliphatic heterocycles. The Labute approximate surface area is 133 Å². The molecular formula is C17H30N2O3. The van der Waals surface area contributed by atoms with Crippen LogP contribution in [-0.2, 0) is 9.59 Å². The molecule has 5 nitrogen and oxygen atoms in total. The number of likely N-dealkylation sites (tertiary alicyclic amines) is 1. The molecule has 0 aromatic rings. The summed E-state index contributed by atoms with van der Waals surface area (Å²) in [4.78, 5) is 28.1. The first-order valence-electron chi connectivity index (χ1n) is 8.64. The minimum atomic E-state index is -0.736. The van der Waals surface area contributed by atoms with Crippen LogP contribution in [0.3, 0.4) is 0 Å². The normalized spacial score (nSPS) is 27.3. The van der Waals surface area contributed by atoms with Gasteiger partial charge >= 0.3 is 5.97 Å². The zero-order valence-electron chi connectivity index (χ0n) is 14.1. The van der Waals surface area contributed by atoms with Gasteiger partial charge < -0.3 is 10.0 Å². The fraction of sp³-hybridized carbons (Fsp3) is 0.882. The average Bonchev–Trinajstić information content (AvgIpc) is 2.91. The summed E-state index contributed by atoms with van der Waals surface area (Å²) >= 11 is 0. The number of carbonyl (C=O) groups excluding carboxylic acids is 1. The molecular weight excluding hydrogens is 280 g/mol. The molecule has 2 rings (SSSR count). The molecule has 22 heavy (non-hydrogen) atoms. The first-order valence-corrected chi connectivity index (χ1v) is 8.64. The summed E-state index contributed by atoms with van der Waals surface area (Å²) in [5.74, 6) is -0.571. The molecule has 2 aliphatic rings. The van der Waals surface area contributed by atoms with Gasteiger partial charge in [-0.15, -0.1) is 0 Å². The number of carboxylic acid groups (broad SMARTS) is 1. The molecule has 1 N–H and O–H groups in total. The van der Waals surface area contributed by atoms with Crippen molar-refractivity contribution in [2.75, 3.05) is 19.6 Å². The second kappa shape index (κ2) is 7.44. The maximum atomic E-state index is 12.8. The minimum Gasteiger partial charge on any atom is -0.481 e. The largest absolute Gasteiger partial charge is 0.481 e. The zero-order chi connectivity index (χ0) is 16.3. The third-order valence-corrected chi connectivity index (χ3v) is 5.01. The van der Waals surface area contributed by atoms with Crippen LogP contribution in [0.25, 0.3) is 0 Å². The molecule has 0 bridgehead atoms. The third kappa shape index (κ3) is 4.22. The first-order chi connectivity index (χ1) is 10.4. The van der Waals surface area contributed by atoms with Crippen molar-refractivity contribution in [1.82, 2.24) is 9.80 Å². The predicted octanol–water partition coefficient (Wildman–Crippen LogP) is 2.21. The molecule has 0 aromatic carbocycles. The smallest absolute Gasteiger partial charge is 0.307 e. The molecule has 0 aromatic heterocycles. The van der Waals surface area contributed by atoms with Gasteiger partial charge in [0.05, 0.1) is 12.5 Å². The molecule has 5 heteroatoms. The number of hydrogen-bond acceptors (Lipinski definition) is 3. The molecule has 1 amide bonds. The highest BCUT2D eigenvalue weighted by atomic mass is 16.4. The van der Waals surface area contributed by atoms with Gasteiger partial charge in [0.25, 0.3) is 0 Å². The first kappa shape index (κ1) is 17.3. The zero-order valence-corrected chi connectivity index (χ0v) is 14.1. The van der Waals surface area contributed by atoms with E-state index >= 15 is 0 Å². The molecule has 2 unspecified atom stereocenters. The summed E-state index contributed by atoms with van der Waals surface area (Å²) in [5, 5.41) is 9.26. The molecule has 1 aliphatic carbocycles. The van der Waals surface area contributed by atoms with E-state index in [1.165, 1.54) is 12.8 Å². The van der Waals surface area contributed by atoms with E-state index < -0.39 is 5.97 Å². The maximum Gasteiger partial charge on any atom is 0.307 e. The number of aliphatic carboxylic acids is 1. The lowest BCUT2D eigenvalue weighted by Crippen LogP contribution is -2.51. The Morgan fingerprint density at radius 1 is 1.23 bits per heavy atom. The van der Waals surface area contributed by atoms with Crippen molar-refractivity contribution in [2.45, 2.75) is 65.0 Å².